The third kappa shape index (κ3) is 2.93. The fourth-order valence-corrected chi connectivity index (χ4v) is 3.44. The first-order valence-electron chi connectivity index (χ1n) is 8.75. The molecule has 0 aliphatic carbocycles. The van der Waals surface area contributed by atoms with Crippen LogP contribution in [0.25, 0.3) is 10.9 Å². The summed E-state index contributed by atoms with van der Waals surface area (Å²) in [5.74, 6) is 0.473. The second kappa shape index (κ2) is 6.46. The van der Waals surface area contributed by atoms with Crippen molar-refractivity contribution in [2.75, 3.05) is 25.4 Å². The summed E-state index contributed by atoms with van der Waals surface area (Å²) in [6, 6.07) is 11.3. The second-order valence-corrected chi connectivity index (χ2v) is 6.73. The van der Waals surface area contributed by atoms with Crippen molar-refractivity contribution >= 4 is 22.6 Å². The number of nitrogen functional groups attached to an aromatic ring is 1. The van der Waals surface area contributed by atoms with Gasteiger partial charge in [-0.3, -0.25) is 4.79 Å². The van der Waals surface area contributed by atoms with E-state index in [0.717, 1.165) is 22.3 Å². The number of pyridine rings is 1. The molecule has 1 aliphatic heterocycles. The number of carbonyl (C=O) groups is 1. The maximum Gasteiger partial charge on any atom is 0.254 e. The van der Waals surface area contributed by atoms with Crippen LogP contribution in [0.3, 0.4) is 0 Å². The van der Waals surface area contributed by atoms with Gasteiger partial charge in [0.2, 0.25) is 0 Å². The number of nitrogens with two attached hydrogens (primary N) is 1. The smallest absolute Gasteiger partial charge is 0.254 e. The summed E-state index contributed by atoms with van der Waals surface area (Å²) >= 11 is 0. The number of aryl methyl sites for hydroxylation is 2. The van der Waals surface area contributed by atoms with E-state index in [2.05, 4.69) is 16.9 Å². The molecule has 0 bridgehead atoms. The molecule has 0 unspecified atom stereocenters. The van der Waals surface area contributed by atoms with Crippen LogP contribution in [0.1, 0.15) is 33.4 Å². The average Bonchev–Trinajstić information content (AvgIpc) is 2.95. The van der Waals surface area contributed by atoms with Crippen molar-refractivity contribution in [1.29, 1.82) is 0 Å². The standard InChI is InChI=1S/C20H22N4O2/c1-12-13(2)22-16-7-6-14(10-15(12)16)20(25)24-8-9-26-18(11-24)17-4-3-5-19(21)23-17/h3-7,10,18,22H,8-9,11H2,1-2H3,(H2,21,23)/t18-/m1/s1. The molecule has 1 saturated heterocycles. The Morgan fingerprint density at radius 2 is 2.15 bits per heavy atom. The van der Waals surface area contributed by atoms with E-state index in [-0.39, 0.29) is 12.0 Å². The van der Waals surface area contributed by atoms with Crippen molar-refractivity contribution in [3.05, 3.63) is 58.9 Å². The molecule has 1 fully saturated rings. The maximum atomic E-state index is 13.0. The quantitative estimate of drug-likeness (QED) is 0.744. The Labute approximate surface area is 152 Å². The fourth-order valence-electron chi connectivity index (χ4n) is 3.44. The van der Waals surface area contributed by atoms with Gasteiger partial charge < -0.3 is 20.4 Å². The van der Waals surface area contributed by atoms with E-state index < -0.39 is 0 Å². The number of benzene rings is 1. The highest BCUT2D eigenvalue weighted by Gasteiger charge is 2.27. The van der Waals surface area contributed by atoms with E-state index in [1.54, 1.807) is 6.07 Å². The number of nitrogens with one attached hydrogen (secondary N) is 1. The molecule has 1 atom stereocenters. The highest BCUT2D eigenvalue weighted by molar-refractivity contribution is 5.99. The largest absolute Gasteiger partial charge is 0.384 e. The van der Waals surface area contributed by atoms with E-state index in [1.807, 2.05) is 42.2 Å². The fraction of sp³-hybridized carbons (Fsp3) is 0.300. The summed E-state index contributed by atoms with van der Waals surface area (Å²) in [4.78, 5) is 22.5. The Bertz CT molecular complexity index is 979. The van der Waals surface area contributed by atoms with E-state index in [9.17, 15) is 4.79 Å². The number of nitrogens with zero attached hydrogens (tertiary/aromatic N) is 2. The Hall–Kier alpha value is -2.86. The molecule has 1 aromatic carbocycles. The number of aromatic nitrogens is 2. The number of carbonyl (C=O) groups excluding carboxylic acids is 1. The van der Waals surface area contributed by atoms with Gasteiger partial charge in [-0.25, -0.2) is 4.98 Å². The molecule has 3 N–H and O–H groups in total. The minimum absolute atomic E-state index is 0.0161. The topological polar surface area (TPSA) is 84.2 Å². The van der Waals surface area contributed by atoms with Crippen molar-refractivity contribution in [2.45, 2.75) is 20.0 Å². The van der Waals surface area contributed by atoms with Gasteiger partial charge in [0, 0.05) is 28.7 Å². The van der Waals surface area contributed by atoms with Gasteiger partial charge in [0.15, 0.2) is 0 Å². The number of amides is 1. The van der Waals surface area contributed by atoms with Crippen LogP contribution < -0.4 is 5.73 Å². The van der Waals surface area contributed by atoms with Gasteiger partial charge in [-0.2, -0.15) is 0 Å². The van der Waals surface area contributed by atoms with Crippen molar-refractivity contribution < 1.29 is 9.53 Å². The van der Waals surface area contributed by atoms with Crippen LogP contribution in [-0.2, 0) is 4.74 Å². The first-order valence-corrected chi connectivity index (χ1v) is 8.75. The minimum Gasteiger partial charge on any atom is -0.384 e. The Balaban J connectivity index is 1.58. The van der Waals surface area contributed by atoms with Gasteiger partial charge in [-0.05, 0) is 49.7 Å². The van der Waals surface area contributed by atoms with E-state index >= 15 is 0 Å². The van der Waals surface area contributed by atoms with Crippen LogP contribution in [0.15, 0.2) is 36.4 Å². The predicted octanol–water partition coefficient (Wildman–Crippen LogP) is 2.98. The van der Waals surface area contributed by atoms with Crippen LogP contribution in [0.4, 0.5) is 5.82 Å². The number of hydrogen-bond acceptors (Lipinski definition) is 4. The third-order valence-corrected chi connectivity index (χ3v) is 5.03. The van der Waals surface area contributed by atoms with Gasteiger partial charge in [0.1, 0.15) is 11.9 Å². The highest BCUT2D eigenvalue weighted by atomic mass is 16.5. The average molecular weight is 350 g/mol. The number of anilines is 1. The number of hydrogen-bond donors (Lipinski definition) is 2. The molecule has 3 heterocycles. The first-order chi connectivity index (χ1) is 12.5. The van der Waals surface area contributed by atoms with Crippen molar-refractivity contribution in [3.8, 4) is 0 Å². The van der Waals surface area contributed by atoms with Gasteiger partial charge >= 0.3 is 0 Å². The summed E-state index contributed by atoms with van der Waals surface area (Å²) in [6.07, 6.45) is -0.254. The van der Waals surface area contributed by atoms with Crippen LogP contribution in [0, 0.1) is 13.8 Å². The van der Waals surface area contributed by atoms with Gasteiger partial charge in [0.05, 0.1) is 18.8 Å². The first kappa shape index (κ1) is 16.6. The summed E-state index contributed by atoms with van der Waals surface area (Å²) in [5.41, 5.74) is 10.6. The summed E-state index contributed by atoms with van der Waals surface area (Å²) in [6.45, 7) is 5.64. The number of ether oxygens (including phenoxy) is 1. The third-order valence-electron chi connectivity index (χ3n) is 5.03. The number of aromatic amines is 1. The second-order valence-electron chi connectivity index (χ2n) is 6.73. The number of H-pyrrole nitrogens is 1. The van der Waals surface area contributed by atoms with Crippen LogP contribution in [-0.4, -0.2) is 40.5 Å². The van der Waals surface area contributed by atoms with E-state index in [0.29, 0.717) is 31.1 Å². The maximum absolute atomic E-state index is 13.0. The van der Waals surface area contributed by atoms with Crippen molar-refractivity contribution in [1.82, 2.24) is 14.9 Å². The summed E-state index contributed by atoms with van der Waals surface area (Å²) in [7, 11) is 0. The molecule has 6 nitrogen and oxygen atoms in total. The van der Waals surface area contributed by atoms with Gasteiger partial charge in [-0.15, -0.1) is 0 Å². The Morgan fingerprint density at radius 1 is 1.31 bits per heavy atom. The van der Waals surface area contributed by atoms with Crippen LogP contribution in [0.2, 0.25) is 0 Å². The lowest BCUT2D eigenvalue weighted by molar-refractivity contribution is -0.0246. The lowest BCUT2D eigenvalue weighted by Crippen LogP contribution is -2.42. The highest BCUT2D eigenvalue weighted by Crippen LogP contribution is 2.25. The van der Waals surface area contributed by atoms with Crippen LogP contribution >= 0.6 is 0 Å². The molecule has 1 amide bonds. The normalized spacial score (nSPS) is 17.6. The Morgan fingerprint density at radius 3 is 2.96 bits per heavy atom. The number of fused-ring (bicyclic) bond motifs is 1. The van der Waals surface area contributed by atoms with Gasteiger partial charge in [-0.1, -0.05) is 6.07 Å². The van der Waals surface area contributed by atoms with E-state index in [4.69, 9.17) is 10.5 Å². The molecule has 6 heteroatoms. The molecule has 2 aromatic heterocycles. The molecule has 4 rings (SSSR count). The predicted molar refractivity (Wildman–Crippen MR) is 101 cm³/mol. The zero-order valence-electron chi connectivity index (χ0n) is 15.0. The molecule has 0 radical (unpaired) electrons. The number of morpholine rings is 1. The van der Waals surface area contributed by atoms with Crippen molar-refractivity contribution in [3.63, 3.8) is 0 Å². The minimum atomic E-state index is -0.254. The lowest BCUT2D eigenvalue weighted by atomic mass is 10.1. The summed E-state index contributed by atoms with van der Waals surface area (Å²) in [5, 5.41) is 1.09. The van der Waals surface area contributed by atoms with Gasteiger partial charge in [0.25, 0.3) is 5.91 Å². The molecule has 1 aliphatic rings. The molecule has 0 saturated carbocycles. The molecular formula is C20H22N4O2. The molecular weight excluding hydrogens is 328 g/mol. The molecule has 26 heavy (non-hydrogen) atoms. The SMILES string of the molecule is Cc1[nH]c2ccc(C(=O)N3CCO[C@@H](c4cccc(N)n4)C3)cc2c1C. The summed E-state index contributed by atoms with van der Waals surface area (Å²) < 4.78 is 5.81. The lowest BCUT2D eigenvalue weighted by Gasteiger charge is -2.32. The van der Waals surface area contributed by atoms with E-state index in [1.165, 1.54) is 5.56 Å². The van der Waals surface area contributed by atoms with Crippen molar-refractivity contribution in [2.24, 2.45) is 0 Å². The molecule has 0 spiro atoms. The number of rotatable bonds is 2. The van der Waals surface area contributed by atoms with Crippen LogP contribution in [0.5, 0.6) is 0 Å². The molecule has 3 aromatic rings. The molecule has 134 valence electrons. The Kier molecular flexibility index (Phi) is 4.12. The monoisotopic (exact) mass is 350 g/mol. The zero-order chi connectivity index (χ0) is 18.3. The zero-order valence-corrected chi connectivity index (χ0v) is 15.0.